The molecule has 0 bridgehead atoms. The molecule has 0 aromatic heterocycles. The number of Topliss-reactive ketones (excluding diaryl/α,β-unsaturated/α-hetero) is 1. The Balaban J connectivity index is 1.75. The fourth-order valence-corrected chi connectivity index (χ4v) is 4.57. The lowest BCUT2D eigenvalue weighted by molar-refractivity contribution is -0.144. The zero-order chi connectivity index (χ0) is 19.0. The van der Waals surface area contributed by atoms with Crippen LogP contribution < -0.4 is 5.32 Å². The van der Waals surface area contributed by atoms with Gasteiger partial charge in [0.05, 0.1) is 5.57 Å². The van der Waals surface area contributed by atoms with Gasteiger partial charge in [0.25, 0.3) is 0 Å². The predicted molar refractivity (Wildman–Crippen MR) is 104 cm³/mol. The molecule has 0 radical (unpaired) electrons. The van der Waals surface area contributed by atoms with Crippen molar-refractivity contribution in [3.63, 3.8) is 0 Å². The quantitative estimate of drug-likeness (QED) is 0.804. The SMILES string of the molecule is CC1=C(C(=O)OC2CCCC2)[C@@H](c2ccc(C)cc2)C2=C(CCCC2=O)N1. The maximum Gasteiger partial charge on any atom is 0.337 e. The predicted octanol–water partition coefficient (Wildman–Crippen LogP) is 4.45. The van der Waals surface area contributed by atoms with Crippen molar-refractivity contribution in [1.82, 2.24) is 5.32 Å². The van der Waals surface area contributed by atoms with Crippen LogP contribution in [0.5, 0.6) is 0 Å². The highest BCUT2D eigenvalue weighted by Crippen LogP contribution is 2.42. The summed E-state index contributed by atoms with van der Waals surface area (Å²) in [5.74, 6) is -0.459. The third-order valence-corrected chi connectivity index (χ3v) is 5.98. The van der Waals surface area contributed by atoms with E-state index in [4.69, 9.17) is 4.74 Å². The summed E-state index contributed by atoms with van der Waals surface area (Å²) in [5.41, 5.74) is 5.30. The number of esters is 1. The van der Waals surface area contributed by atoms with E-state index in [1.54, 1.807) is 0 Å². The zero-order valence-electron chi connectivity index (χ0n) is 16.1. The molecule has 2 aliphatic carbocycles. The zero-order valence-corrected chi connectivity index (χ0v) is 16.1. The molecule has 0 saturated heterocycles. The van der Waals surface area contributed by atoms with E-state index in [1.165, 1.54) is 0 Å². The minimum absolute atomic E-state index is 0.00824. The highest BCUT2D eigenvalue weighted by atomic mass is 16.5. The lowest BCUT2D eigenvalue weighted by atomic mass is 9.75. The summed E-state index contributed by atoms with van der Waals surface area (Å²) in [6.07, 6.45) is 6.38. The van der Waals surface area contributed by atoms with E-state index < -0.39 is 0 Å². The Hall–Kier alpha value is -2.36. The number of ketones is 1. The first-order valence-electron chi connectivity index (χ1n) is 10.1. The number of rotatable bonds is 3. The Morgan fingerprint density at radius 2 is 1.74 bits per heavy atom. The molecule has 1 atom stereocenters. The van der Waals surface area contributed by atoms with Gasteiger partial charge in [0.2, 0.25) is 0 Å². The van der Waals surface area contributed by atoms with Crippen LogP contribution in [0.2, 0.25) is 0 Å². The minimum atomic E-state index is -0.330. The number of ether oxygens (including phenoxy) is 1. The summed E-state index contributed by atoms with van der Waals surface area (Å²) >= 11 is 0. The van der Waals surface area contributed by atoms with Crippen molar-refractivity contribution < 1.29 is 14.3 Å². The molecule has 1 aliphatic heterocycles. The number of nitrogens with one attached hydrogen (secondary N) is 1. The maximum absolute atomic E-state index is 13.1. The maximum atomic E-state index is 13.1. The van der Waals surface area contributed by atoms with E-state index in [0.29, 0.717) is 12.0 Å². The summed E-state index contributed by atoms with van der Waals surface area (Å²) in [6.45, 7) is 3.97. The Kier molecular flexibility index (Phi) is 4.90. The van der Waals surface area contributed by atoms with Crippen molar-refractivity contribution in [3.8, 4) is 0 Å². The molecule has 4 nitrogen and oxygen atoms in total. The van der Waals surface area contributed by atoms with Crippen LogP contribution >= 0.6 is 0 Å². The number of benzene rings is 1. The van der Waals surface area contributed by atoms with Gasteiger partial charge in [0.15, 0.2) is 5.78 Å². The summed E-state index contributed by atoms with van der Waals surface area (Å²) in [7, 11) is 0. The first-order chi connectivity index (χ1) is 13.0. The van der Waals surface area contributed by atoms with Gasteiger partial charge in [0, 0.05) is 29.3 Å². The number of carbonyl (C=O) groups excluding carboxylic acids is 2. The van der Waals surface area contributed by atoms with Crippen molar-refractivity contribution in [1.29, 1.82) is 0 Å². The monoisotopic (exact) mass is 365 g/mol. The first-order valence-corrected chi connectivity index (χ1v) is 10.1. The Labute approximate surface area is 160 Å². The topological polar surface area (TPSA) is 55.4 Å². The minimum Gasteiger partial charge on any atom is -0.459 e. The molecule has 1 aromatic rings. The second-order valence-corrected chi connectivity index (χ2v) is 7.99. The van der Waals surface area contributed by atoms with E-state index in [2.05, 4.69) is 5.32 Å². The van der Waals surface area contributed by atoms with Gasteiger partial charge in [-0.05, 0) is 57.9 Å². The fourth-order valence-electron chi connectivity index (χ4n) is 4.57. The summed E-state index contributed by atoms with van der Waals surface area (Å²) in [4.78, 5) is 26.0. The molecule has 1 N–H and O–H groups in total. The second-order valence-electron chi connectivity index (χ2n) is 7.99. The van der Waals surface area contributed by atoms with Crippen LogP contribution in [-0.4, -0.2) is 17.9 Å². The van der Waals surface area contributed by atoms with Crippen LogP contribution in [0.3, 0.4) is 0 Å². The number of allylic oxidation sites excluding steroid dienone is 3. The second kappa shape index (κ2) is 7.34. The van der Waals surface area contributed by atoms with Gasteiger partial charge in [-0.2, -0.15) is 0 Å². The fraction of sp³-hybridized carbons (Fsp3) is 0.478. The standard InChI is InChI=1S/C23H27NO3/c1-14-10-12-16(13-11-14)21-20(23(26)27-17-6-3-4-7-17)15(2)24-18-8-5-9-19(25)22(18)21/h10-13,17,21,24H,3-9H2,1-2H3/t21-/m1/s1. The van der Waals surface area contributed by atoms with Gasteiger partial charge in [-0.25, -0.2) is 4.79 Å². The molecule has 0 spiro atoms. The van der Waals surface area contributed by atoms with Crippen LogP contribution in [0.25, 0.3) is 0 Å². The molecule has 0 unspecified atom stereocenters. The van der Waals surface area contributed by atoms with Crippen LogP contribution in [0.15, 0.2) is 46.8 Å². The van der Waals surface area contributed by atoms with Crippen molar-refractivity contribution in [2.45, 2.75) is 70.8 Å². The van der Waals surface area contributed by atoms with Gasteiger partial charge in [-0.1, -0.05) is 29.8 Å². The van der Waals surface area contributed by atoms with Gasteiger partial charge in [0.1, 0.15) is 6.10 Å². The average molecular weight is 365 g/mol. The van der Waals surface area contributed by atoms with Gasteiger partial charge in [-0.3, -0.25) is 4.79 Å². The molecule has 1 saturated carbocycles. The van der Waals surface area contributed by atoms with Gasteiger partial charge < -0.3 is 10.1 Å². The number of hydrogen-bond acceptors (Lipinski definition) is 4. The molecular formula is C23H27NO3. The molecule has 0 amide bonds. The highest BCUT2D eigenvalue weighted by molar-refractivity contribution is 6.03. The van der Waals surface area contributed by atoms with Crippen molar-refractivity contribution >= 4 is 11.8 Å². The van der Waals surface area contributed by atoms with E-state index >= 15 is 0 Å². The van der Waals surface area contributed by atoms with Crippen molar-refractivity contribution in [3.05, 3.63) is 57.9 Å². The summed E-state index contributed by atoms with van der Waals surface area (Å²) in [5, 5.41) is 3.35. The number of dihydropyridines is 1. The smallest absolute Gasteiger partial charge is 0.337 e. The van der Waals surface area contributed by atoms with E-state index in [1.807, 2.05) is 38.1 Å². The van der Waals surface area contributed by atoms with Crippen LogP contribution in [0.1, 0.15) is 68.9 Å². The lowest BCUT2D eigenvalue weighted by Gasteiger charge is -2.34. The summed E-state index contributed by atoms with van der Waals surface area (Å²) in [6, 6.07) is 8.15. The van der Waals surface area contributed by atoms with Crippen LogP contribution in [-0.2, 0) is 14.3 Å². The first kappa shape index (κ1) is 18.0. The van der Waals surface area contributed by atoms with E-state index in [0.717, 1.165) is 66.6 Å². The van der Waals surface area contributed by atoms with Gasteiger partial charge >= 0.3 is 5.97 Å². The van der Waals surface area contributed by atoms with Crippen molar-refractivity contribution in [2.24, 2.45) is 0 Å². The van der Waals surface area contributed by atoms with Gasteiger partial charge in [-0.15, -0.1) is 0 Å². The number of carbonyl (C=O) groups is 2. The van der Waals surface area contributed by atoms with Crippen LogP contribution in [0, 0.1) is 6.92 Å². The molecular weight excluding hydrogens is 338 g/mol. The van der Waals surface area contributed by atoms with E-state index in [-0.39, 0.29) is 23.8 Å². The summed E-state index contributed by atoms with van der Waals surface area (Å²) < 4.78 is 5.84. The third kappa shape index (κ3) is 3.45. The molecule has 4 rings (SSSR count). The van der Waals surface area contributed by atoms with E-state index in [9.17, 15) is 9.59 Å². The highest BCUT2D eigenvalue weighted by Gasteiger charge is 2.39. The molecule has 27 heavy (non-hydrogen) atoms. The molecule has 1 fully saturated rings. The molecule has 4 heteroatoms. The molecule has 3 aliphatic rings. The number of aryl methyl sites for hydroxylation is 1. The van der Waals surface area contributed by atoms with Crippen molar-refractivity contribution in [2.75, 3.05) is 0 Å². The Morgan fingerprint density at radius 1 is 1.04 bits per heavy atom. The average Bonchev–Trinajstić information content (AvgIpc) is 3.14. The van der Waals surface area contributed by atoms with Crippen LogP contribution in [0.4, 0.5) is 0 Å². The third-order valence-electron chi connectivity index (χ3n) is 5.98. The Morgan fingerprint density at radius 3 is 2.44 bits per heavy atom. The molecule has 1 heterocycles. The molecule has 142 valence electrons. The Bertz CT molecular complexity index is 826. The number of hydrogen-bond donors (Lipinski definition) is 1. The molecule has 1 aromatic carbocycles. The largest absolute Gasteiger partial charge is 0.459 e. The lowest BCUT2D eigenvalue weighted by Crippen LogP contribution is -2.35. The normalized spacial score (nSPS) is 23.3.